The van der Waals surface area contributed by atoms with Crippen molar-refractivity contribution in [3.05, 3.63) is 34.6 Å². The van der Waals surface area contributed by atoms with Crippen molar-refractivity contribution in [3.8, 4) is 6.07 Å². The monoisotopic (exact) mass is 355 g/mol. The van der Waals surface area contributed by atoms with Gasteiger partial charge in [-0.3, -0.25) is 4.79 Å². The van der Waals surface area contributed by atoms with Crippen LogP contribution < -0.4 is 10.6 Å². The first-order chi connectivity index (χ1) is 11.3. The van der Waals surface area contributed by atoms with Gasteiger partial charge >= 0.3 is 6.09 Å². The normalized spacial score (nSPS) is 11.5. The Morgan fingerprint density at radius 2 is 2.12 bits per heavy atom. The second kappa shape index (κ2) is 9.73. The highest BCUT2D eigenvalue weighted by atomic mass is 35.5. The fourth-order valence-electron chi connectivity index (χ4n) is 1.92. The number of carbonyl (C=O) groups excluding carboxylic acids is 2. The Bertz CT molecular complexity index is 631. The number of nitriles is 1. The van der Waals surface area contributed by atoms with E-state index in [4.69, 9.17) is 21.6 Å². The lowest BCUT2D eigenvalue weighted by Gasteiger charge is -2.19. The number of nitrogens with zero attached hydrogens (tertiary/aromatic N) is 1. The van der Waals surface area contributed by atoms with Crippen molar-refractivity contribution >= 4 is 23.6 Å². The molecule has 1 aromatic carbocycles. The van der Waals surface area contributed by atoms with Crippen molar-refractivity contribution in [3.63, 3.8) is 0 Å². The predicted octanol–water partition coefficient (Wildman–Crippen LogP) is 2.76. The molecule has 0 saturated heterocycles. The van der Waals surface area contributed by atoms with Crippen LogP contribution in [0.4, 0.5) is 9.18 Å². The zero-order valence-corrected chi connectivity index (χ0v) is 14.2. The van der Waals surface area contributed by atoms with Gasteiger partial charge in [-0.15, -0.1) is 0 Å². The summed E-state index contributed by atoms with van der Waals surface area (Å²) in [6, 6.07) is 4.73. The maximum Gasteiger partial charge on any atom is 0.408 e. The van der Waals surface area contributed by atoms with Gasteiger partial charge in [-0.25, -0.2) is 9.18 Å². The molecule has 2 amide bonds. The Labute approximate surface area is 144 Å². The quantitative estimate of drug-likeness (QED) is 0.736. The number of alkyl carbamates (subject to hydrolysis) is 1. The van der Waals surface area contributed by atoms with Crippen LogP contribution in [-0.2, 0) is 16.1 Å². The molecule has 0 aliphatic rings. The smallest absolute Gasteiger partial charge is 0.408 e. The lowest BCUT2D eigenvalue weighted by Crippen LogP contribution is -2.47. The fourth-order valence-corrected chi connectivity index (χ4v) is 2.14. The van der Waals surface area contributed by atoms with Crippen LogP contribution in [0.3, 0.4) is 0 Å². The number of ether oxygens (including phenoxy) is 1. The van der Waals surface area contributed by atoms with Crippen molar-refractivity contribution in [1.29, 1.82) is 5.26 Å². The Balaban J connectivity index is 2.60. The summed E-state index contributed by atoms with van der Waals surface area (Å²) in [7, 11) is 0. The maximum absolute atomic E-state index is 13.0. The average Bonchev–Trinajstić information content (AvgIpc) is 2.50. The number of nitrogens with one attached hydrogen (secondary N) is 2. The number of halogens is 2. The highest BCUT2D eigenvalue weighted by Gasteiger charge is 2.22. The van der Waals surface area contributed by atoms with Gasteiger partial charge in [0, 0.05) is 5.56 Å². The lowest BCUT2D eigenvalue weighted by atomic mass is 10.0. The van der Waals surface area contributed by atoms with Gasteiger partial charge in [0.25, 0.3) is 0 Å². The number of benzene rings is 1. The summed E-state index contributed by atoms with van der Waals surface area (Å²) >= 11 is 5.85. The van der Waals surface area contributed by atoms with Gasteiger partial charge in [-0.1, -0.05) is 31.5 Å². The summed E-state index contributed by atoms with van der Waals surface area (Å²) in [6.45, 7) is 3.50. The van der Waals surface area contributed by atoms with Crippen molar-refractivity contribution in [2.45, 2.75) is 32.9 Å². The van der Waals surface area contributed by atoms with E-state index in [-0.39, 0.29) is 24.1 Å². The molecular weight excluding hydrogens is 337 g/mol. The van der Waals surface area contributed by atoms with E-state index in [1.54, 1.807) is 6.07 Å². The van der Waals surface area contributed by atoms with Gasteiger partial charge in [0.1, 0.15) is 25.0 Å². The van der Waals surface area contributed by atoms with E-state index in [0.717, 1.165) is 6.07 Å². The van der Waals surface area contributed by atoms with E-state index < -0.39 is 23.9 Å². The van der Waals surface area contributed by atoms with Gasteiger partial charge < -0.3 is 15.4 Å². The fraction of sp³-hybridized carbons (Fsp3) is 0.438. The Morgan fingerprint density at radius 3 is 2.71 bits per heavy atom. The van der Waals surface area contributed by atoms with Crippen molar-refractivity contribution in [2.24, 2.45) is 5.92 Å². The number of carbonyl (C=O) groups is 2. The zero-order chi connectivity index (χ0) is 18.1. The van der Waals surface area contributed by atoms with Crippen molar-refractivity contribution < 1.29 is 18.7 Å². The maximum atomic E-state index is 13.0. The molecule has 1 atom stereocenters. The minimum atomic E-state index is -0.811. The van der Waals surface area contributed by atoms with E-state index in [1.807, 2.05) is 13.8 Å². The molecule has 0 aromatic heterocycles. The first-order valence-electron chi connectivity index (χ1n) is 7.35. The summed E-state index contributed by atoms with van der Waals surface area (Å²) in [5.41, 5.74) is 0.447. The van der Waals surface area contributed by atoms with Crippen LogP contribution in [0.2, 0.25) is 5.02 Å². The minimum absolute atomic E-state index is 0.144. The molecule has 0 aliphatic carbocycles. The third kappa shape index (κ3) is 6.84. The van der Waals surface area contributed by atoms with Crippen molar-refractivity contribution in [2.75, 3.05) is 6.54 Å². The van der Waals surface area contributed by atoms with Gasteiger partial charge in [0.2, 0.25) is 5.91 Å². The molecule has 24 heavy (non-hydrogen) atoms. The number of rotatable bonds is 7. The van der Waals surface area contributed by atoms with Crippen LogP contribution in [0.15, 0.2) is 18.2 Å². The topological polar surface area (TPSA) is 91.2 Å². The molecule has 2 N–H and O–H groups in total. The van der Waals surface area contributed by atoms with Crippen LogP contribution in [0.25, 0.3) is 0 Å². The van der Waals surface area contributed by atoms with Crippen LogP contribution in [0, 0.1) is 23.1 Å². The molecule has 0 aliphatic heterocycles. The third-order valence-corrected chi connectivity index (χ3v) is 3.38. The largest absolute Gasteiger partial charge is 0.445 e. The molecule has 1 aromatic rings. The molecule has 0 saturated carbocycles. The second-order valence-corrected chi connectivity index (χ2v) is 5.92. The predicted molar refractivity (Wildman–Crippen MR) is 86.6 cm³/mol. The van der Waals surface area contributed by atoms with Crippen molar-refractivity contribution in [1.82, 2.24) is 10.6 Å². The van der Waals surface area contributed by atoms with Gasteiger partial charge in [0.15, 0.2) is 0 Å². The summed E-state index contributed by atoms with van der Waals surface area (Å²) in [5.74, 6) is -0.795. The van der Waals surface area contributed by atoms with E-state index in [9.17, 15) is 14.0 Å². The molecule has 0 heterocycles. The second-order valence-electron chi connectivity index (χ2n) is 5.51. The molecular formula is C16H19ClFN3O3. The third-order valence-electron chi connectivity index (χ3n) is 3.03. The minimum Gasteiger partial charge on any atom is -0.445 e. The van der Waals surface area contributed by atoms with E-state index in [1.165, 1.54) is 12.1 Å². The van der Waals surface area contributed by atoms with Crippen LogP contribution >= 0.6 is 11.6 Å². The van der Waals surface area contributed by atoms with E-state index in [2.05, 4.69) is 10.6 Å². The summed E-state index contributed by atoms with van der Waals surface area (Å²) < 4.78 is 18.0. The Morgan fingerprint density at radius 1 is 1.42 bits per heavy atom. The number of amides is 2. The summed E-state index contributed by atoms with van der Waals surface area (Å²) in [5, 5.41) is 13.5. The average molecular weight is 356 g/mol. The Hall–Kier alpha value is -2.33. The number of hydrogen-bond acceptors (Lipinski definition) is 4. The Kier molecular flexibility index (Phi) is 7.99. The zero-order valence-electron chi connectivity index (χ0n) is 13.4. The highest BCUT2D eigenvalue weighted by molar-refractivity contribution is 6.31. The molecule has 0 fully saturated rings. The van der Waals surface area contributed by atoms with Gasteiger partial charge in [-0.2, -0.15) is 5.26 Å². The molecule has 8 heteroatoms. The van der Waals surface area contributed by atoms with Crippen LogP contribution in [0.1, 0.15) is 25.8 Å². The molecule has 0 bridgehead atoms. The van der Waals surface area contributed by atoms with E-state index in [0.29, 0.717) is 12.0 Å². The van der Waals surface area contributed by atoms with Gasteiger partial charge in [0.05, 0.1) is 11.1 Å². The highest BCUT2D eigenvalue weighted by Crippen LogP contribution is 2.18. The van der Waals surface area contributed by atoms with E-state index >= 15 is 0 Å². The number of hydrogen-bond donors (Lipinski definition) is 2. The summed E-state index contributed by atoms with van der Waals surface area (Å²) in [4.78, 5) is 23.8. The SMILES string of the molecule is CC(C)C[C@H](NC(=O)OCc1ccc(F)cc1Cl)C(=O)NCC#N. The molecule has 0 spiro atoms. The van der Waals surface area contributed by atoms with Crippen LogP contribution in [0.5, 0.6) is 0 Å². The van der Waals surface area contributed by atoms with Gasteiger partial charge in [-0.05, 0) is 24.5 Å². The summed E-state index contributed by atoms with van der Waals surface area (Å²) in [6.07, 6.45) is -0.405. The first-order valence-corrected chi connectivity index (χ1v) is 7.73. The van der Waals surface area contributed by atoms with Crippen LogP contribution in [-0.4, -0.2) is 24.6 Å². The molecule has 0 radical (unpaired) electrons. The molecule has 130 valence electrons. The molecule has 0 unspecified atom stereocenters. The standard InChI is InChI=1S/C16H19ClFN3O3/c1-10(2)7-14(15(22)20-6-5-19)21-16(23)24-9-11-3-4-12(18)8-13(11)17/h3-4,8,10,14H,6-7,9H2,1-2H3,(H,20,22)(H,21,23)/t14-/m0/s1. The first kappa shape index (κ1) is 19.7. The molecule has 1 rings (SSSR count). The lowest BCUT2D eigenvalue weighted by molar-refractivity contribution is -0.123. The molecule has 6 nitrogen and oxygen atoms in total.